The molecule has 1 aromatic carbocycles. The van der Waals surface area contributed by atoms with E-state index in [0.717, 1.165) is 32.0 Å². The lowest BCUT2D eigenvalue weighted by Crippen LogP contribution is -2.47. The first-order chi connectivity index (χ1) is 8.80. The van der Waals surface area contributed by atoms with Crippen LogP contribution < -0.4 is 5.32 Å². The number of carbonyl (C=O) groups is 1. The average molecular weight is 247 g/mol. The van der Waals surface area contributed by atoms with Gasteiger partial charge in [-0.3, -0.25) is 0 Å². The molecule has 3 nitrogen and oxygen atoms in total. The average Bonchev–Trinajstić information content (AvgIpc) is 2.46. The Bertz CT molecular complexity index is 379. The van der Waals surface area contributed by atoms with Gasteiger partial charge in [0.15, 0.2) is 0 Å². The summed E-state index contributed by atoms with van der Waals surface area (Å²) in [6, 6.07) is 10.3. The third-order valence-corrected chi connectivity index (χ3v) is 3.88. The SMILES string of the molecule is O=CC1CCC[C@](NCCO)(c2ccccc2)C1. The summed E-state index contributed by atoms with van der Waals surface area (Å²) in [7, 11) is 0. The summed E-state index contributed by atoms with van der Waals surface area (Å²) in [5.74, 6) is 0.130. The van der Waals surface area contributed by atoms with E-state index < -0.39 is 0 Å². The molecule has 0 radical (unpaired) electrons. The highest BCUT2D eigenvalue weighted by molar-refractivity contribution is 5.54. The van der Waals surface area contributed by atoms with E-state index >= 15 is 0 Å². The van der Waals surface area contributed by atoms with Crippen LogP contribution >= 0.6 is 0 Å². The zero-order chi connectivity index (χ0) is 12.8. The number of nitrogens with one attached hydrogen (secondary N) is 1. The van der Waals surface area contributed by atoms with Crippen molar-refractivity contribution < 1.29 is 9.90 Å². The van der Waals surface area contributed by atoms with E-state index in [1.54, 1.807) is 0 Å². The second kappa shape index (κ2) is 6.12. The molecular weight excluding hydrogens is 226 g/mol. The molecule has 0 aliphatic heterocycles. The van der Waals surface area contributed by atoms with Crippen LogP contribution in [0.5, 0.6) is 0 Å². The topological polar surface area (TPSA) is 49.3 Å². The van der Waals surface area contributed by atoms with Gasteiger partial charge in [-0.2, -0.15) is 0 Å². The van der Waals surface area contributed by atoms with Crippen LogP contribution in [0.25, 0.3) is 0 Å². The van der Waals surface area contributed by atoms with Gasteiger partial charge in [-0.1, -0.05) is 36.8 Å². The van der Waals surface area contributed by atoms with Crippen LogP contribution in [0.15, 0.2) is 30.3 Å². The molecule has 0 spiro atoms. The monoisotopic (exact) mass is 247 g/mol. The first-order valence-electron chi connectivity index (χ1n) is 6.67. The van der Waals surface area contributed by atoms with Gasteiger partial charge in [0, 0.05) is 18.0 Å². The number of hydrogen-bond acceptors (Lipinski definition) is 3. The molecule has 1 aliphatic carbocycles. The van der Waals surface area contributed by atoms with E-state index in [4.69, 9.17) is 5.11 Å². The molecule has 0 heterocycles. The molecule has 98 valence electrons. The molecule has 1 saturated carbocycles. The van der Waals surface area contributed by atoms with Crippen molar-refractivity contribution in [2.75, 3.05) is 13.2 Å². The van der Waals surface area contributed by atoms with Crippen molar-refractivity contribution in [1.82, 2.24) is 5.32 Å². The zero-order valence-corrected chi connectivity index (χ0v) is 10.6. The smallest absolute Gasteiger partial charge is 0.123 e. The van der Waals surface area contributed by atoms with Crippen molar-refractivity contribution in [3.63, 3.8) is 0 Å². The third-order valence-electron chi connectivity index (χ3n) is 3.88. The molecule has 18 heavy (non-hydrogen) atoms. The molecule has 0 bridgehead atoms. The number of aliphatic hydroxyl groups excluding tert-OH is 1. The lowest BCUT2D eigenvalue weighted by atomic mass is 9.72. The summed E-state index contributed by atoms with van der Waals surface area (Å²) in [6.45, 7) is 0.695. The van der Waals surface area contributed by atoms with Crippen LogP contribution in [-0.2, 0) is 10.3 Å². The second-order valence-electron chi connectivity index (χ2n) is 5.09. The van der Waals surface area contributed by atoms with Gasteiger partial charge in [0.05, 0.1) is 6.61 Å². The van der Waals surface area contributed by atoms with Gasteiger partial charge in [-0.15, -0.1) is 0 Å². The van der Waals surface area contributed by atoms with Gasteiger partial charge in [0.2, 0.25) is 0 Å². The minimum atomic E-state index is -0.145. The van der Waals surface area contributed by atoms with Crippen LogP contribution in [0.4, 0.5) is 0 Å². The number of benzene rings is 1. The van der Waals surface area contributed by atoms with Gasteiger partial charge in [-0.05, 0) is 24.8 Å². The van der Waals surface area contributed by atoms with Crippen molar-refractivity contribution >= 4 is 6.29 Å². The summed E-state index contributed by atoms with van der Waals surface area (Å²) in [5, 5.41) is 12.5. The molecule has 1 fully saturated rings. The van der Waals surface area contributed by atoms with Crippen molar-refractivity contribution in [1.29, 1.82) is 0 Å². The fourth-order valence-corrected chi connectivity index (χ4v) is 3.01. The first kappa shape index (κ1) is 13.2. The summed E-state index contributed by atoms with van der Waals surface area (Å²) < 4.78 is 0. The number of aldehydes is 1. The lowest BCUT2D eigenvalue weighted by Gasteiger charge is -2.41. The quantitative estimate of drug-likeness (QED) is 0.781. The molecular formula is C15H21NO2. The van der Waals surface area contributed by atoms with E-state index in [0.29, 0.717) is 6.54 Å². The van der Waals surface area contributed by atoms with Crippen LogP contribution in [0.3, 0.4) is 0 Å². The molecule has 2 N–H and O–H groups in total. The highest BCUT2D eigenvalue weighted by Gasteiger charge is 2.37. The normalized spacial score (nSPS) is 27.9. The Labute approximate surface area is 108 Å². The summed E-state index contributed by atoms with van der Waals surface area (Å²) in [6.07, 6.45) is 4.98. The Balaban J connectivity index is 2.25. The Morgan fingerprint density at radius 1 is 1.39 bits per heavy atom. The van der Waals surface area contributed by atoms with E-state index in [9.17, 15) is 4.79 Å². The van der Waals surface area contributed by atoms with Crippen LogP contribution in [0, 0.1) is 5.92 Å². The second-order valence-corrected chi connectivity index (χ2v) is 5.09. The maximum atomic E-state index is 11.1. The van der Waals surface area contributed by atoms with E-state index in [1.807, 2.05) is 18.2 Å². The van der Waals surface area contributed by atoms with Crippen molar-refractivity contribution in [2.45, 2.75) is 31.2 Å². The fraction of sp³-hybridized carbons (Fsp3) is 0.533. The van der Waals surface area contributed by atoms with Gasteiger partial charge in [0.25, 0.3) is 0 Å². The molecule has 1 aromatic rings. The van der Waals surface area contributed by atoms with Crippen molar-refractivity contribution in [2.24, 2.45) is 5.92 Å². The summed E-state index contributed by atoms with van der Waals surface area (Å²) in [4.78, 5) is 11.1. The molecule has 0 amide bonds. The maximum absolute atomic E-state index is 11.1. The van der Waals surface area contributed by atoms with Crippen LogP contribution in [0.1, 0.15) is 31.2 Å². The van der Waals surface area contributed by atoms with E-state index in [1.165, 1.54) is 5.56 Å². The number of rotatable bonds is 5. The van der Waals surface area contributed by atoms with Gasteiger partial charge < -0.3 is 15.2 Å². The molecule has 2 rings (SSSR count). The highest BCUT2D eigenvalue weighted by atomic mass is 16.3. The lowest BCUT2D eigenvalue weighted by molar-refractivity contribution is -0.112. The largest absolute Gasteiger partial charge is 0.395 e. The predicted molar refractivity (Wildman–Crippen MR) is 71.2 cm³/mol. The molecule has 0 aromatic heterocycles. The zero-order valence-electron chi connectivity index (χ0n) is 10.6. The Hall–Kier alpha value is -1.19. The van der Waals surface area contributed by atoms with Gasteiger partial charge >= 0.3 is 0 Å². The molecule has 1 aliphatic rings. The molecule has 2 atom stereocenters. The Kier molecular flexibility index (Phi) is 4.50. The first-order valence-corrected chi connectivity index (χ1v) is 6.67. The van der Waals surface area contributed by atoms with Crippen molar-refractivity contribution in [3.8, 4) is 0 Å². The van der Waals surface area contributed by atoms with E-state index in [-0.39, 0.29) is 18.1 Å². The van der Waals surface area contributed by atoms with Crippen molar-refractivity contribution in [3.05, 3.63) is 35.9 Å². The standard InChI is InChI=1S/C15H21NO2/c17-10-9-16-15(14-6-2-1-3-7-14)8-4-5-13(11-15)12-18/h1-3,6-7,12-13,16-17H,4-5,8-11H2/t13?,15-/m1/s1. The fourth-order valence-electron chi connectivity index (χ4n) is 3.01. The van der Waals surface area contributed by atoms with Crippen LogP contribution in [-0.4, -0.2) is 24.5 Å². The predicted octanol–water partition coefficient (Wildman–Crippen LogP) is 1.85. The van der Waals surface area contributed by atoms with Gasteiger partial charge in [-0.25, -0.2) is 0 Å². The Morgan fingerprint density at radius 3 is 2.83 bits per heavy atom. The minimum absolute atomic E-state index is 0.125. The minimum Gasteiger partial charge on any atom is -0.395 e. The number of aliphatic hydroxyl groups is 1. The molecule has 3 heteroatoms. The molecule has 0 saturated heterocycles. The van der Waals surface area contributed by atoms with E-state index in [2.05, 4.69) is 17.4 Å². The molecule has 1 unspecified atom stereocenters. The number of hydrogen-bond donors (Lipinski definition) is 2. The number of carbonyl (C=O) groups excluding carboxylic acids is 1. The summed E-state index contributed by atoms with van der Waals surface area (Å²) >= 11 is 0. The Morgan fingerprint density at radius 2 is 2.17 bits per heavy atom. The van der Waals surface area contributed by atoms with Crippen LogP contribution in [0.2, 0.25) is 0 Å². The maximum Gasteiger partial charge on any atom is 0.123 e. The highest BCUT2D eigenvalue weighted by Crippen LogP contribution is 2.39. The van der Waals surface area contributed by atoms with Gasteiger partial charge in [0.1, 0.15) is 6.29 Å². The summed E-state index contributed by atoms with van der Waals surface area (Å²) in [5.41, 5.74) is 1.08. The third kappa shape index (κ3) is 2.79.